The van der Waals surface area contributed by atoms with Crippen molar-refractivity contribution in [2.75, 3.05) is 6.26 Å². The molecule has 0 aliphatic rings. The van der Waals surface area contributed by atoms with Crippen LogP contribution in [0, 0.1) is 5.82 Å². The minimum atomic E-state index is -0.309. The summed E-state index contributed by atoms with van der Waals surface area (Å²) in [6.07, 6.45) is 1.97. The average Bonchev–Trinajstić information content (AvgIpc) is 3.16. The van der Waals surface area contributed by atoms with Crippen LogP contribution in [-0.2, 0) is 11.5 Å². The minimum Gasteiger partial charge on any atom is -0.415 e. The van der Waals surface area contributed by atoms with Gasteiger partial charge in [-0.25, -0.2) is 4.39 Å². The molecule has 0 N–H and O–H groups in total. The van der Waals surface area contributed by atoms with Gasteiger partial charge in [0.15, 0.2) is 5.82 Å². The van der Waals surface area contributed by atoms with Gasteiger partial charge < -0.3 is 8.94 Å². The number of aromatic nitrogens is 4. The quantitative estimate of drug-likeness (QED) is 0.633. The van der Waals surface area contributed by atoms with Gasteiger partial charge in [-0.15, -0.1) is 10.2 Å². The summed E-state index contributed by atoms with van der Waals surface area (Å²) in [5, 5.41) is 12.2. The molecule has 0 fully saturated rings. The molecule has 0 bridgehead atoms. The summed E-state index contributed by atoms with van der Waals surface area (Å²) in [5.74, 6) is 2.28. The summed E-state index contributed by atoms with van der Waals surface area (Å²) in [7, 11) is 0. The third kappa shape index (κ3) is 3.66. The van der Waals surface area contributed by atoms with Crippen molar-refractivity contribution in [3.63, 3.8) is 0 Å². The standard InChI is InChI=1S/C13H11FN4O2S2/c1-21-7-11-16-17-13(19-11)22-6-10-15-12(20-18-10)8-2-4-9(14)5-3-8/h2-5H,6-7H2,1H3. The fourth-order valence-electron chi connectivity index (χ4n) is 1.63. The van der Waals surface area contributed by atoms with Crippen molar-refractivity contribution < 1.29 is 13.3 Å². The number of halogens is 1. The van der Waals surface area contributed by atoms with E-state index in [9.17, 15) is 4.39 Å². The van der Waals surface area contributed by atoms with Gasteiger partial charge in [-0.2, -0.15) is 16.7 Å². The van der Waals surface area contributed by atoms with E-state index in [1.165, 1.54) is 23.9 Å². The van der Waals surface area contributed by atoms with Gasteiger partial charge in [-0.05, 0) is 30.5 Å². The summed E-state index contributed by atoms with van der Waals surface area (Å²) in [4.78, 5) is 4.25. The van der Waals surface area contributed by atoms with Crippen molar-refractivity contribution in [2.24, 2.45) is 0 Å². The lowest BCUT2D eigenvalue weighted by atomic mass is 10.2. The lowest BCUT2D eigenvalue weighted by Crippen LogP contribution is -1.84. The SMILES string of the molecule is CSCc1nnc(SCc2noc(-c3ccc(F)cc3)n2)o1. The highest BCUT2D eigenvalue weighted by atomic mass is 32.2. The Morgan fingerprint density at radius 1 is 1.14 bits per heavy atom. The van der Waals surface area contributed by atoms with Crippen LogP contribution in [0.15, 0.2) is 38.4 Å². The van der Waals surface area contributed by atoms with Crippen molar-refractivity contribution in [3.8, 4) is 11.5 Å². The zero-order chi connectivity index (χ0) is 15.4. The molecule has 6 nitrogen and oxygen atoms in total. The predicted molar refractivity (Wildman–Crippen MR) is 80.8 cm³/mol. The first kappa shape index (κ1) is 15.0. The molecular weight excluding hydrogens is 327 g/mol. The molecule has 0 amide bonds. The maximum atomic E-state index is 12.9. The smallest absolute Gasteiger partial charge is 0.277 e. The lowest BCUT2D eigenvalue weighted by Gasteiger charge is -1.92. The van der Waals surface area contributed by atoms with Gasteiger partial charge in [0.05, 0.1) is 11.5 Å². The summed E-state index contributed by atoms with van der Waals surface area (Å²) >= 11 is 2.95. The molecule has 22 heavy (non-hydrogen) atoms. The van der Waals surface area contributed by atoms with Crippen molar-refractivity contribution in [3.05, 3.63) is 41.8 Å². The number of rotatable bonds is 6. The van der Waals surface area contributed by atoms with Gasteiger partial charge >= 0.3 is 0 Å². The number of nitrogens with zero attached hydrogens (tertiary/aromatic N) is 4. The summed E-state index contributed by atoms with van der Waals surface area (Å²) in [5.41, 5.74) is 0.671. The maximum absolute atomic E-state index is 12.9. The molecule has 0 aliphatic carbocycles. The molecule has 0 saturated heterocycles. The van der Waals surface area contributed by atoms with Crippen molar-refractivity contribution in [1.82, 2.24) is 20.3 Å². The van der Waals surface area contributed by atoms with Crippen LogP contribution in [0.3, 0.4) is 0 Å². The molecule has 0 unspecified atom stereocenters. The van der Waals surface area contributed by atoms with Crippen molar-refractivity contribution >= 4 is 23.5 Å². The molecule has 0 spiro atoms. The van der Waals surface area contributed by atoms with Crippen LogP contribution >= 0.6 is 23.5 Å². The van der Waals surface area contributed by atoms with Crippen LogP contribution < -0.4 is 0 Å². The second kappa shape index (κ2) is 6.93. The Morgan fingerprint density at radius 2 is 1.95 bits per heavy atom. The van der Waals surface area contributed by atoms with Crippen LogP contribution in [0.2, 0.25) is 0 Å². The second-order valence-electron chi connectivity index (χ2n) is 4.21. The van der Waals surface area contributed by atoms with Crippen molar-refractivity contribution in [2.45, 2.75) is 16.7 Å². The minimum absolute atomic E-state index is 0.309. The van der Waals surface area contributed by atoms with Crippen LogP contribution in [-0.4, -0.2) is 26.6 Å². The number of benzene rings is 1. The van der Waals surface area contributed by atoms with E-state index in [4.69, 9.17) is 8.94 Å². The third-order valence-electron chi connectivity index (χ3n) is 2.60. The molecule has 9 heteroatoms. The monoisotopic (exact) mass is 338 g/mol. The largest absolute Gasteiger partial charge is 0.415 e. The molecule has 2 aromatic heterocycles. The Morgan fingerprint density at radius 3 is 2.73 bits per heavy atom. The molecule has 3 aromatic rings. The van der Waals surface area contributed by atoms with Gasteiger partial charge in [0.25, 0.3) is 11.1 Å². The molecule has 1 aromatic carbocycles. The summed E-state index contributed by atoms with van der Waals surface area (Å²) in [6.45, 7) is 0. The van der Waals surface area contributed by atoms with Crippen molar-refractivity contribution in [1.29, 1.82) is 0 Å². The van der Waals surface area contributed by atoms with E-state index < -0.39 is 0 Å². The highest BCUT2D eigenvalue weighted by Gasteiger charge is 2.12. The first-order valence-corrected chi connectivity index (χ1v) is 8.65. The van der Waals surface area contributed by atoms with E-state index in [-0.39, 0.29) is 5.82 Å². The Kier molecular flexibility index (Phi) is 4.74. The normalized spacial score (nSPS) is 11.0. The van der Waals surface area contributed by atoms with Gasteiger partial charge in [-0.3, -0.25) is 0 Å². The summed E-state index contributed by atoms with van der Waals surface area (Å²) < 4.78 is 23.5. The van der Waals surface area contributed by atoms with E-state index >= 15 is 0 Å². The van der Waals surface area contributed by atoms with Gasteiger partial charge in [0.1, 0.15) is 5.82 Å². The van der Waals surface area contributed by atoms with E-state index in [2.05, 4.69) is 20.3 Å². The number of thioether (sulfide) groups is 2. The fraction of sp³-hybridized carbons (Fsp3) is 0.231. The van der Waals surface area contributed by atoms with Gasteiger partial charge in [-0.1, -0.05) is 16.9 Å². The highest BCUT2D eigenvalue weighted by molar-refractivity contribution is 7.98. The Labute approximate surface area is 133 Å². The molecule has 0 saturated carbocycles. The Balaban J connectivity index is 1.62. The van der Waals surface area contributed by atoms with E-state index in [1.807, 2.05) is 6.26 Å². The van der Waals surface area contributed by atoms with E-state index in [0.29, 0.717) is 39.9 Å². The van der Waals surface area contributed by atoms with Crippen LogP contribution in [0.4, 0.5) is 4.39 Å². The van der Waals surface area contributed by atoms with Gasteiger partial charge in [0.2, 0.25) is 5.89 Å². The van der Waals surface area contributed by atoms with Gasteiger partial charge in [0, 0.05) is 5.56 Å². The first-order chi connectivity index (χ1) is 10.7. The number of hydrogen-bond donors (Lipinski definition) is 0. The Bertz CT molecular complexity index is 745. The topological polar surface area (TPSA) is 77.8 Å². The highest BCUT2D eigenvalue weighted by Crippen LogP contribution is 2.23. The first-order valence-electron chi connectivity index (χ1n) is 6.27. The van der Waals surface area contributed by atoms with Crippen LogP contribution in [0.25, 0.3) is 11.5 Å². The zero-order valence-corrected chi connectivity index (χ0v) is 13.2. The van der Waals surface area contributed by atoms with E-state index in [0.717, 1.165) is 0 Å². The van der Waals surface area contributed by atoms with Crippen LogP contribution in [0.5, 0.6) is 0 Å². The zero-order valence-electron chi connectivity index (χ0n) is 11.5. The third-order valence-corrected chi connectivity index (χ3v) is 3.95. The van der Waals surface area contributed by atoms with Crippen LogP contribution in [0.1, 0.15) is 11.7 Å². The maximum Gasteiger partial charge on any atom is 0.277 e. The molecule has 2 heterocycles. The molecule has 0 radical (unpaired) electrons. The van der Waals surface area contributed by atoms with E-state index in [1.54, 1.807) is 23.9 Å². The molecule has 114 valence electrons. The summed E-state index contributed by atoms with van der Waals surface area (Å²) in [6, 6.07) is 5.87. The second-order valence-corrected chi connectivity index (χ2v) is 6.00. The number of hydrogen-bond acceptors (Lipinski definition) is 8. The predicted octanol–water partition coefficient (Wildman–Crippen LogP) is 3.41. The Hall–Kier alpha value is -1.87. The molecular formula is C13H11FN4O2S2. The molecule has 3 rings (SSSR count). The molecule has 0 aliphatic heterocycles. The molecule has 0 atom stereocenters. The lowest BCUT2D eigenvalue weighted by molar-refractivity contribution is 0.422. The fourth-order valence-corrected chi connectivity index (χ4v) is 2.61. The average molecular weight is 338 g/mol.